The summed E-state index contributed by atoms with van der Waals surface area (Å²) in [4.78, 5) is 9.35. The second-order valence-corrected chi connectivity index (χ2v) is 8.36. The average molecular weight is 405 g/mol. The molecule has 5 rings (SSSR count). The first kappa shape index (κ1) is 18.2. The van der Waals surface area contributed by atoms with Crippen LogP contribution in [0.4, 0.5) is 0 Å². The van der Waals surface area contributed by atoms with Gasteiger partial charge in [-0.25, -0.2) is 4.98 Å². The standard InChI is InChI=1S/C20H25ClN4O3/c1-23-5-3-22-19(23)11-25-6-7-28-20(13-25)2-4-24(12-20)10-15-8-17-18(9-16(15)21)27-14-26-17/h3,5,8-9H,2,4,6-7,10-14H2,1H3. The molecule has 7 nitrogen and oxygen atoms in total. The number of benzene rings is 1. The highest BCUT2D eigenvalue weighted by molar-refractivity contribution is 6.31. The van der Waals surface area contributed by atoms with Crippen LogP contribution in [0.15, 0.2) is 24.5 Å². The lowest BCUT2D eigenvalue weighted by Crippen LogP contribution is -2.53. The lowest BCUT2D eigenvalue weighted by Gasteiger charge is -2.40. The molecule has 8 heteroatoms. The lowest BCUT2D eigenvalue weighted by molar-refractivity contribution is -0.104. The van der Waals surface area contributed by atoms with Crippen LogP contribution in [0.2, 0.25) is 5.02 Å². The Balaban J connectivity index is 1.24. The summed E-state index contributed by atoms with van der Waals surface area (Å²) in [6.45, 7) is 6.48. The number of hydrogen-bond donors (Lipinski definition) is 0. The van der Waals surface area contributed by atoms with Gasteiger partial charge in [0.1, 0.15) is 5.82 Å². The summed E-state index contributed by atoms with van der Waals surface area (Å²) in [5.74, 6) is 2.61. The maximum atomic E-state index is 6.47. The lowest BCUT2D eigenvalue weighted by atomic mass is 10.0. The van der Waals surface area contributed by atoms with Gasteiger partial charge in [-0.1, -0.05) is 11.6 Å². The van der Waals surface area contributed by atoms with Crippen molar-refractivity contribution in [1.29, 1.82) is 0 Å². The molecule has 2 aromatic rings. The predicted octanol–water partition coefficient (Wildman–Crippen LogP) is 2.28. The van der Waals surface area contributed by atoms with E-state index in [0.29, 0.717) is 0 Å². The fourth-order valence-electron chi connectivity index (χ4n) is 4.44. The van der Waals surface area contributed by atoms with Crippen molar-refractivity contribution in [1.82, 2.24) is 19.4 Å². The normalized spacial score (nSPS) is 25.1. The van der Waals surface area contributed by atoms with Gasteiger partial charge >= 0.3 is 0 Å². The van der Waals surface area contributed by atoms with Crippen molar-refractivity contribution in [3.8, 4) is 11.5 Å². The van der Waals surface area contributed by atoms with Crippen molar-refractivity contribution in [3.05, 3.63) is 40.9 Å². The van der Waals surface area contributed by atoms with Crippen molar-refractivity contribution in [2.24, 2.45) is 7.05 Å². The Morgan fingerprint density at radius 2 is 1.89 bits per heavy atom. The molecule has 28 heavy (non-hydrogen) atoms. The molecule has 3 aliphatic heterocycles. The molecule has 0 N–H and O–H groups in total. The number of halogens is 1. The largest absolute Gasteiger partial charge is 0.454 e. The molecule has 0 aliphatic carbocycles. The SMILES string of the molecule is Cn1ccnc1CN1CCOC2(CCN(Cc3cc4c(cc3Cl)OCO4)C2)C1. The van der Waals surface area contributed by atoms with Crippen LogP contribution in [0.1, 0.15) is 17.8 Å². The Hall–Kier alpha value is -1.80. The number of imidazole rings is 1. The highest BCUT2D eigenvalue weighted by Gasteiger charge is 2.43. The van der Waals surface area contributed by atoms with Crippen molar-refractivity contribution in [3.63, 3.8) is 0 Å². The number of aromatic nitrogens is 2. The average Bonchev–Trinajstić information content (AvgIpc) is 3.38. The zero-order chi connectivity index (χ0) is 19.1. The molecular formula is C20H25ClN4O3. The van der Waals surface area contributed by atoms with Gasteiger partial charge in [0.2, 0.25) is 6.79 Å². The van der Waals surface area contributed by atoms with Gasteiger partial charge in [0.15, 0.2) is 11.5 Å². The number of hydrogen-bond acceptors (Lipinski definition) is 6. The molecule has 2 fully saturated rings. The zero-order valence-corrected chi connectivity index (χ0v) is 16.8. The summed E-state index contributed by atoms with van der Waals surface area (Å²) >= 11 is 6.47. The van der Waals surface area contributed by atoms with Gasteiger partial charge < -0.3 is 18.8 Å². The van der Waals surface area contributed by atoms with E-state index in [0.717, 1.165) is 80.2 Å². The molecule has 1 unspecified atom stereocenters. The molecule has 0 radical (unpaired) electrons. The molecule has 150 valence electrons. The molecule has 0 bridgehead atoms. The Bertz CT molecular complexity index is 873. The van der Waals surface area contributed by atoms with Crippen LogP contribution in [-0.2, 0) is 24.9 Å². The third-order valence-corrected chi connectivity index (χ3v) is 6.30. The fraction of sp³-hybridized carbons (Fsp3) is 0.550. The smallest absolute Gasteiger partial charge is 0.231 e. The van der Waals surface area contributed by atoms with Gasteiger partial charge in [0, 0.05) is 63.3 Å². The van der Waals surface area contributed by atoms with Gasteiger partial charge in [-0.15, -0.1) is 0 Å². The number of rotatable bonds is 4. The van der Waals surface area contributed by atoms with E-state index in [1.54, 1.807) is 0 Å². The van der Waals surface area contributed by atoms with Gasteiger partial charge in [-0.3, -0.25) is 9.80 Å². The van der Waals surface area contributed by atoms with E-state index in [2.05, 4.69) is 19.4 Å². The molecule has 2 saturated heterocycles. The summed E-state index contributed by atoms with van der Waals surface area (Å²) in [6.07, 6.45) is 4.89. The van der Waals surface area contributed by atoms with Crippen molar-refractivity contribution >= 4 is 11.6 Å². The second kappa shape index (κ2) is 7.22. The Morgan fingerprint density at radius 1 is 1.11 bits per heavy atom. The Kier molecular flexibility index (Phi) is 4.71. The quantitative estimate of drug-likeness (QED) is 0.779. The number of morpholine rings is 1. The van der Waals surface area contributed by atoms with Crippen LogP contribution in [0.25, 0.3) is 0 Å². The van der Waals surface area contributed by atoms with E-state index < -0.39 is 0 Å². The first-order valence-electron chi connectivity index (χ1n) is 9.73. The van der Waals surface area contributed by atoms with E-state index in [-0.39, 0.29) is 12.4 Å². The minimum atomic E-state index is -0.105. The second-order valence-electron chi connectivity index (χ2n) is 7.95. The van der Waals surface area contributed by atoms with Crippen LogP contribution in [0, 0.1) is 0 Å². The van der Waals surface area contributed by atoms with Crippen LogP contribution in [0.3, 0.4) is 0 Å². The molecule has 4 heterocycles. The first-order chi connectivity index (χ1) is 13.6. The molecule has 1 atom stereocenters. The Labute approximate surface area is 169 Å². The molecule has 3 aliphatic rings. The van der Waals surface area contributed by atoms with Crippen LogP contribution < -0.4 is 9.47 Å². The predicted molar refractivity (Wildman–Crippen MR) is 105 cm³/mol. The van der Waals surface area contributed by atoms with E-state index in [1.165, 1.54) is 0 Å². The fourth-order valence-corrected chi connectivity index (χ4v) is 4.65. The summed E-state index contributed by atoms with van der Waals surface area (Å²) < 4.78 is 19.3. The van der Waals surface area contributed by atoms with Gasteiger partial charge in [-0.05, 0) is 18.1 Å². The van der Waals surface area contributed by atoms with Crippen LogP contribution in [0.5, 0.6) is 11.5 Å². The van der Waals surface area contributed by atoms with E-state index >= 15 is 0 Å². The molecule has 0 amide bonds. The minimum absolute atomic E-state index is 0.105. The minimum Gasteiger partial charge on any atom is -0.454 e. The third kappa shape index (κ3) is 3.48. The number of ether oxygens (including phenoxy) is 3. The van der Waals surface area contributed by atoms with Gasteiger partial charge in [0.05, 0.1) is 18.8 Å². The first-order valence-corrected chi connectivity index (χ1v) is 10.1. The summed E-state index contributed by atoms with van der Waals surface area (Å²) in [7, 11) is 2.05. The van der Waals surface area contributed by atoms with Crippen LogP contribution in [-0.4, -0.2) is 64.5 Å². The number of fused-ring (bicyclic) bond motifs is 1. The number of aryl methyl sites for hydroxylation is 1. The maximum Gasteiger partial charge on any atom is 0.231 e. The van der Waals surface area contributed by atoms with E-state index in [4.69, 9.17) is 25.8 Å². The van der Waals surface area contributed by atoms with Gasteiger partial charge in [-0.2, -0.15) is 0 Å². The summed E-state index contributed by atoms with van der Waals surface area (Å²) in [6, 6.07) is 3.86. The number of likely N-dealkylation sites (tertiary alicyclic amines) is 1. The maximum absolute atomic E-state index is 6.47. The van der Waals surface area contributed by atoms with E-state index in [1.807, 2.05) is 31.6 Å². The molecular weight excluding hydrogens is 380 g/mol. The summed E-state index contributed by atoms with van der Waals surface area (Å²) in [5.41, 5.74) is 0.968. The monoisotopic (exact) mass is 404 g/mol. The molecule has 1 aromatic heterocycles. The van der Waals surface area contributed by atoms with E-state index in [9.17, 15) is 0 Å². The summed E-state index contributed by atoms with van der Waals surface area (Å²) in [5, 5.41) is 0.728. The topological polar surface area (TPSA) is 52.0 Å². The molecule has 1 spiro atoms. The van der Waals surface area contributed by atoms with Crippen LogP contribution >= 0.6 is 11.6 Å². The molecule has 1 aromatic carbocycles. The Morgan fingerprint density at radius 3 is 2.68 bits per heavy atom. The highest BCUT2D eigenvalue weighted by atomic mass is 35.5. The third-order valence-electron chi connectivity index (χ3n) is 5.94. The highest BCUT2D eigenvalue weighted by Crippen LogP contribution is 2.38. The number of nitrogens with zero attached hydrogens (tertiary/aromatic N) is 4. The van der Waals surface area contributed by atoms with Crippen molar-refractivity contribution in [2.45, 2.75) is 25.1 Å². The molecule has 0 saturated carbocycles. The van der Waals surface area contributed by atoms with Crippen molar-refractivity contribution in [2.75, 3.05) is 39.6 Å². The van der Waals surface area contributed by atoms with Gasteiger partial charge in [0.25, 0.3) is 0 Å². The van der Waals surface area contributed by atoms with Crippen molar-refractivity contribution < 1.29 is 14.2 Å². The zero-order valence-electron chi connectivity index (χ0n) is 16.1.